The number of rotatable bonds is 0. The Morgan fingerprint density at radius 1 is 0.800 bits per heavy atom. The zero-order valence-electron chi connectivity index (χ0n) is 7.50. The fourth-order valence-corrected chi connectivity index (χ4v) is 0.799. The third-order valence-corrected chi connectivity index (χ3v) is 1.44. The van der Waals surface area contributed by atoms with Crippen LogP contribution in [0.25, 0.3) is 0 Å². The van der Waals surface area contributed by atoms with Crippen LogP contribution in [0.4, 0.5) is 26.3 Å². The zero-order valence-corrected chi connectivity index (χ0v) is 13.8. The quantitative estimate of drug-likeness (QED) is 0.475. The molecule has 0 aliphatic carbocycles. The molecule has 0 bridgehead atoms. The van der Waals surface area contributed by atoms with E-state index >= 15 is 0 Å². The first-order chi connectivity index (χ1) is 6.21. The van der Waals surface area contributed by atoms with E-state index in [-0.39, 0.29) is 75.0 Å². The van der Waals surface area contributed by atoms with Crippen molar-refractivity contribution >= 4 is 0 Å². The van der Waals surface area contributed by atoms with Crippen LogP contribution < -0.4 is 68.9 Å². The van der Waals surface area contributed by atoms with Gasteiger partial charge in [-0.25, -0.2) is 0 Å². The first-order valence-corrected chi connectivity index (χ1v) is 3.37. The van der Waals surface area contributed by atoms with E-state index in [1.807, 2.05) is 0 Å². The second-order valence-corrected chi connectivity index (χ2v) is 2.51. The molecule has 78 valence electrons. The van der Waals surface area contributed by atoms with Crippen molar-refractivity contribution in [1.29, 1.82) is 0 Å². The number of hydrogen-bond donors (Lipinski definition) is 0. The Bertz CT molecular complexity index is 297. The van der Waals surface area contributed by atoms with E-state index in [9.17, 15) is 26.3 Å². The number of alkyl halides is 6. The van der Waals surface area contributed by atoms with Crippen LogP contribution in [-0.4, -0.2) is 0 Å². The maximum atomic E-state index is 12.0. The first-order valence-electron chi connectivity index (χ1n) is 3.37. The molecule has 0 unspecified atom stereocenters. The van der Waals surface area contributed by atoms with Crippen LogP contribution in [0.1, 0.15) is 11.1 Å². The zero-order chi connectivity index (χ0) is 11.0. The normalized spacial score (nSPS) is 12.1. The van der Waals surface area contributed by atoms with Crippen molar-refractivity contribution < 1.29 is 95.2 Å². The molecule has 0 aromatic heterocycles. The third-order valence-electron chi connectivity index (χ3n) is 1.44. The summed E-state index contributed by atoms with van der Waals surface area (Å²) in [6, 6.07) is 2.79. The van der Waals surface area contributed by atoms with Crippen LogP contribution in [0.5, 0.6) is 0 Å². The SMILES string of the molecule is FC(F)(F)c1c[c-]cc(C(F)(F)F)c1.[Cs+]. The van der Waals surface area contributed by atoms with Gasteiger partial charge in [0, 0.05) is 0 Å². The van der Waals surface area contributed by atoms with Crippen LogP contribution in [0, 0.1) is 6.07 Å². The van der Waals surface area contributed by atoms with Crippen LogP contribution in [0.2, 0.25) is 0 Å². The predicted molar refractivity (Wildman–Crippen MR) is 35.3 cm³/mol. The fraction of sp³-hybridized carbons (Fsp3) is 0.250. The second-order valence-electron chi connectivity index (χ2n) is 2.51. The summed E-state index contributed by atoms with van der Waals surface area (Å²) >= 11 is 0. The van der Waals surface area contributed by atoms with Crippen LogP contribution in [-0.2, 0) is 12.4 Å². The fourth-order valence-electron chi connectivity index (χ4n) is 0.799. The van der Waals surface area contributed by atoms with Gasteiger partial charge < -0.3 is 0 Å². The topological polar surface area (TPSA) is 0 Å². The minimum Gasteiger partial charge on any atom is -0.183 e. The van der Waals surface area contributed by atoms with Crippen molar-refractivity contribution in [1.82, 2.24) is 0 Å². The van der Waals surface area contributed by atoms with Gasteiger partial charge in [-0.1, -0.05) is 11.1 Å². The Balaban J connectivity index is 0.00000196. The van der Waals surface area contributed by atoms with Gasteiger partial charge in [-0.15, -0.1) is 6.07 Å². The summed E-state index contributed by atoms with van der Waals surface area (Å²) in [5, 5.41) is 0. The van der Waals surface area contributed by atoms with Crippen LogP contribution >= 0.6 is 0 Å². The van der Waals surface area contributed by atoms with Gasteiger partial charge in [-0.05, 0) is 0 Å². The molecule has 15 heavy (non-hydrogen) atoms. The van der Waals surface area contributed by atoms with E-state index in [4.69, 9.17) is 0 Å². The van der Waals surface area contributed by atoms with Gasteiger partial charge in [-0.3, -0.25) is 0 Å². The summed E-state index contributed by atoms with van der Waals surface area (Å²) in [7, 11) is 0. The number of hydrogen-bond acceptors (Lipinski definition) is 0. The van der Waals surface area contributed by atoms with E-state index < -0.39 is 23.5 Å². The molecule has 0 nitrogen and oxygen atoms in total. The minimum absolute atomic E-state index is 0. The van der Waals surface area contributed by atoms with Gasteiger partial charge >= 0.3 is 81.2 Å². The molecular formula is C8H3CsF6. The van der Waals surface area contributed by atoms with E-state index in [2.05, 4.69) is 0 Å². The second kappa shape index (κ2) is 5.46. The van der Waals surface area contributed by atoms with Gasteiger partial charge in [0.1, 0.15) is 0 Å². The Labute approximate surface area is 140 Å². The van der Waals surface area contributed by atoms with Crippen LogP contribution in [0.3, 0.4) is 0 Å². The van der Waals surface area contributed by atoms with Gasteiger partial charge in [0.2, 0.25) is 0 Å². The molecule has 1 aromatic rings. The summed E-state index contributed by atoms with van der Waals surface area (Å²) in [4.78, 5) is 0. The van der Waals surface area contributed by atoms with E-state index in [1.54, 1.807) is 6.07 Å². The van der Waals surface area contributed by atoms with Gasteiger partial charge in [0.25, 0.3) is 0 Å². The molecule has 7 heteroatoms. The van der Waals surface area contributed by atoms with Crippen molar-refractivity contribution in [2.75, 3.05) is 0 Å². The van der Waals surface area contributed by atoms with Crippen molar-refractivity contribution in [3.63, 3.8) is 0 Å². The molecule has 0 N–H and O–H groups in total. The maximum Gasteiger partial charge on any atom is 1.00 e. The smallest absolute Gasteiger partial charge is 0.183 e. The molecule has 1 aromatic carbocycles. The molecule has 1 rings (SSSR count). The molecule has 0 amide bonds. The van der Waals surface area contributed by atoms with Crippen molar-refractivity contribution in [3.05, 3.63) is 35.4 Å². The molecule has 0 radical (unpaired) electrons. The Morgan fingerprint density at radius 2 is 1.13 bits per heavy atom. The molecule has 0 saturated carbocycles. The van der Waals surface area contributed by atoms with Gasteiger partial charge in [0.05, 0.1) is 0 Å². The van der Waals surface area contributed by atoms with Gasteiger partial charge in [-0.2, -0.15) is 44.5 Å². The van der Waals surface area contributed by atoms with E-state index in [0.717, 1.165) is 0 Å². The summed E-state index contributed by atoms with van der Waals surface area (Å²) in [5.74, 6) is 0. The summed E-state index contributed by atoms with van der Waals surface area (Å²) < 4.78 is 71.8. The molecule has 0 aliphatic rings. The molecule has 0 heterocycles. The minimum atomic E-state index is -4.78. The van der Waals surface area contributed by atoms with Crippen molar-refractivity contribution in [3.8, 4) is 0 Å². The predicted octanol–water partition coefficient (Wildman–Crippen LogP) is 0.528. The average molecular weight is 346 g/mol. The van der Waals surface area contributed by atoms with Crippen LogP contribution in [0.15, 0.2) is 18.2 Å². The molecular weight excluding hydrogens is 343 g/mol. The summed E-state index contributed by atoms with van der Waals surface area (Å²) in [6.07, 6.45) is -9.56. The molecule has 0 spiro atoms. The monoisotopic (exact) mass is 346 g/mol. The van der Waals surface area contributed by atoms with Crippen molar-refractivity contribution in [2.45, 2.75) is 12.4 Å². The first kappa shape index (κ1) is 15.9. The average Bonchev–Trinajstić information content (AvgIpc) is 2.01. The Kier molecular flexibility index (Phi) is 5.77. The molecule has 0 saturated heterocycles. The van der Waals surface area contributed by atoms with Crippen molar-refractivity contribution in [2.24, 2.45) is 0 Å². The number of halogens is 6. The third kappa shape index (κ3) is 4.70. The molecule has 0 atom stereocenters. The largest absolute Gasteiger partial charge is 1.00 e. The van der Waals surface area contributed by atoms with E-state index in [1.165, 1.54) is 0 Å². The van der Waals surface area contributed by atoms with E-state index in [0.29, 0.717) is 12.1 Å². The maximum absolute atomic E-state index is 12.0. The Morgan fingerprint density at radius 3 is 1.40 bits per heavy atom. The Hall–Kier alpha value is 0.852. The van der Waals surface area contributed by atoms with Gasteiger partial charge in [0.15, 0.2) is 0 Å². The standard InChI is InChI=1S/C8H3F6.Cs/c9-7(10,11)5-2-1-3-6(4-5)8(12,13)14;/h2-4H;/q-1;+1. The molecule has 0 fully saturated rings. The summed E-state index contributed by atoms with van der Waals surface area (Å²) in [5.41, 5.74) is -2.71. The number of benzene rings is 1. The summed E-state index contributed by atoms with van der Waals surface area (Å²) in [6.45, 7) is 0. The molecule has 0 aliphatic heterocycles.